The fourth-order valence-corrected chi connectivity index (χ4v) is 4.14. The molecule has 0 atom stereocenters. The summed E-state index contributed by atoms with van der Waals surface area (Å²) >= 11 is 12.5. The first kappa shape index (κ1) is 26.9. The van der Waals surface area contributed by atoms with E-state index in [2.05, 4.69) is 41.8 Å². The lowest BCUT2D eigenvalue weighted by Crippen LogP contribution is -2.49. The third kappa shape index (κ3) is 6.66. The third-order valence-electron chi connectivity index (χ3n) is 5.16. The molecule has 2 aromatic rings. The minimum atomic E-state index is 0. The summed E-state index contributed by atoms with van der Waals surface area (Å²) in [5, 5.41) is 9.56. The molecule has 0 spiro atoms. The van der Waals surface area contributed by atoms with Gasteiger partial charge in [-0.2, -0.15) is 0 Å². The molecule has 0 amide bonds. The number of nitrogens with one attached hydrogen (secondary N) is 1. The number of aryl methyl sites for hydroxylation is 2. The van der Waals surface area contributed by atoms with Crippen molar-refractivity contribution in [1.29, 1.82) is 5.41 Å². The minimum absolute atomic E-state index is 0. The van der Waals surface area contributed by atoms with Crippen LogP contribution in [0.1, 0.15) is 23.1 Å². The van der Waals surface area contributed by atoms with E-state index in [0.717, 1.165) is 51.5 Å². The Hall–Kier alpha value is -1.17. The van der Waals surface area contributed by atoms with Gasteiger partial charge in [0.2, 0.25) is 0 Å². The van der Waals surface area contributed by atoms with E-state index in [-0.39, 0.29) is 24.8 Å². The zero-order chi connectivity index (χ0) is 20.1. The Kier molecular flexibility index (Phi) is 11.3. The van der Waals surface area contributed by atoms with Gasteiger partial charge in [-0.25, -0.2) is 0 Å². The van der Waals surface area contributed by atoms with Crippen molar-refractivity contribution in [3.05, 3.63) is 63.1 Å². The maximum absolute atomic E-state index is 8.49. The summed E-state index contributed by atoms with van der Waals surface area (Å²) in [4.78, 5) is 4.48. The molecule has 1 aliphatic rings. The van der Waals surface area contributed by atoms with Gasteiger partial charge in [0, 0.05) is 32.7 Å². The Morgan fingerprint density at radius 3 is 2.03 bits per heavy atom. The van der Waals surface area contributed by atoms with E-state index in [1.165, 1.54) is 11.1 Å². The number of ether oxygens (including phenoxy) is 1. The van der Waals surface area contributed by atoms with E-state index in [4.69, 9.17) is 33.3 Å². The smallest absolute Gasteiger partial charge is 0.131 e. The molecule has 1 heterocycles. The van der Waals surface area contributed by atoms with Gasteiger partial charge in [0.25, 0.3) is 0 Å². The topological polar surface area (TPSA) is 39.6 Å². The van der Waals surface area contributed by atoms with Crippen LogP contribution in [0, 0.1) is 19.3 Å². The van der Waals surface area contributed by atoms with Crippen LogP contribution in [-0.4, -0.2) is 55.0 Å². The fraction of sp³-hybridized carbons (Fsp3) is 0.409. The molecule has 1 N–H and O–H groups in total. The Labute approximate surface area is 201 Å². The molecule has 1 fully saturated rings. The minimum Gasteiger partial charge on any atom is -0.493 e. The van der Waals surface area contributed by atoms with Crippen LogP contribution in [-0.2, 0) is 0 Å². The lowest BCUT2D eigenvalue weighted by Gasteiger charge is -2.36. The molecule has 2 aromatic carbocycles. The highest BCUT2D eigenvalue weighted by Gasteiger charge is 2.22. The number of para-hydroxylation sites is 1. The summed E-state index contributed by atoms with van der Waals surface area (Å²) in [6, 6.07) is 11.6. The van der Waals surface area contributed by atoms with Crippen LogP contribution in [0.25, 0.3) is 0 Å². The number of nitrogens with zero attached hydrogens (tertiary/aromatic N) is 2. The van der Waals surface area contributed by atoms with Crippen molar-refractivity contribution in [3.63, 3.8) is 0 Å². The van der Waals surface area contributed by atoms with Gasteiger partial charge in [-0.15, -0.1) is 24.8 Å². The number of amidine groups is 1. The summed E-state index contributed by atoms with van der Waals surface area (Å²) in [6.07, 6.45) is 0.988. The van der Waals surface area contributed by atoms with Gasteiger partial charge in [0.05, 0.1) is 22.2 Å². The molecule has 8 heteroatoms. The SMILES string of the molecule is Cc1cccc(C)c1OCCCN1CCN(C(=N)c2c(Cl)cccc2Cl)CC1.Cl.Cl. The highest BCUT2D eigenvalue weighted by molar-refractivity contribution is 6.39. The van der Waals surface area contributed by atoms with Gasteiger partial charge in [-0.1, -0.05) is 47.5 Å². The van der Waals surface area contributed by atoms with Crippen LogP contribution in [0.2, 0.25) is 10.0 Å². The predicted molar refractivity (Wildman–Crippen MR) is 132 cm³/mol. The number of hydrogen-bond donors (Lipinski definition) is 1. The highest BCUT2D eigenvalue weighted by Crippen LogP contribution is 2.26. The van der Waals surface area contributed by atoms with Crippen LogP contribution in [0.3, 0.4) is 0 Å². The van der Waals surface area contributed by atoms with Gasteiger partial charge >= 0.3 is 0 Å². The van der Waals surface area contributed by atoms with Crippen molar-refractivity contribution in [2.45, 2.75) is 20.3 Å². The van der Waals surface area contributed by atoms with Crippen LogP contribution >= 0.6 is 48.0 Å². The van der Waals surface area contributed by atoms with Gasteiger partial charge in [0.15, 0.2) is 0 Å². The lowest BCUT2D eigenvalue weighted by molar-refractivity contribution is 0.169. The van der Waals surface area contributed by atoms with E-state index in [1.807, 2.05) is 0 Å². The second-order valence-electron chi connectivity index (χ2n) is 7.20. The number of halogens is 4. The second-order valence-corrected chi connectivity index (χ2v) is 8.01. The molecule has 166 valence electrons. The third-order valence-corrected chi connectivity index (χ3v) is 5.79. The van der Waals surface area contributed by atoms with E-state index >= 15 is 0 Å². The molecule has 3 rings (SSSR count). The average molecular weight is 493 g/mol. The molecule has 0 radical (unpaired) electrons. The first-order valence-electron chi connectivity index (χ1n) is 9.66. The summed E-state index contributed by atoms with van der Waals surface area (Å²) in [7, 11) is 0. The van der Waals surface area contributed by atoms with Crippen LogP contribution < -0.4 is 4.74 Å². The van der Waals surface area contributed by atoms with Gasteiger partial charge in [0.1, 0.15) is 11.6 Å². The highest BCUT2D eigenvalue weighted by atomic mass is 35.5. The number of benzene rings is 2. The molecule has 30 heavy (non-hydrogen) atoms. The quantitative estimate of drug-likeness (QED) is 0.311. The molecule has 1 aliphatic heterocycles. The summed E-state index contributed by atoms with van der Waals surface area (Å²) in [5.74, 6) is 1.42. The van der Waals surface area contributed by atoms with Crippen molar-refractivity contribution in [1.82, 2.24) is 9.80 Å². The van der Waals surface area contributed by atoms with Crippen molar-refractivity contribution in [2.24, 2.45) is 0 Å². The molecular weight excluding hydrogens is 464 g/mol. The van der Waals surface area contributed by atoms with E-state index in [0.29, 0.717) is 21.4 Å². The van der Waals surface area contributed by atoms with Crippen molar-refractivity contribution < 1.29 is 4.74 Å². The van der Waals surface area contributed by atoms with Crippen molar-refractivity contribution >= 4 is 53.9 Å². The van der Waals surface area contributed by atoms with Gasteiger partial charge in [-0.05, 0) is 43.5 Å². The largest absolute Gasteiger partial charge is 0.493 e. The lowest BCUT2D eigenvalue weighted by atomic mass is 10.1. The molecular formula is C22H29Cl4N3O. The number of hydrogen-bond acceptors (Lipinski definition) is 3. The van der Waals surface area contributed by atoms with Gasteiger partial charge in [-0.3, -0.25) is 10.3 Å². The molecule has 0 saturated carbocycles. The molecule has 0 unspecified atom stereocenters. The maximum Gasteiger partial charge on any atom is 0.131 e. The first-order valence-corrected chi connectivity index (χ1v) is 10.4. The Bertz CT molecular complexity index is 799. The second kappa shape index (κ2) is 12.6. The number of piperazine rings is 1. The molecule has 0 aromatic heterocycles. The van der Waals surface area contributed by atoms with Crippen molar-refractivity contribution in [2.75, 3.05) is 39.3 Å². The van der Waals surface area contributed by atoms with Gasteiger partial charge < -0.3 is 9.64 Å². The summed E-state index contributed by atoms with van der Waals surface area (Å²) in [6.45, 7) is 9.34. The maximum atomic E-state index is 8.49. The van der Waals surface area contributed by atoms with Crippen LogP contribution in [0.5, 0.6) is 5.75 Å². The van der Waals surface area contributed by atoms with E-state index < -0.39 is 0 Å². The monoisotopic (exact) mass is 491 g/mol. The standard InChI is InChI=1S/C22H27Cl2N3O.2ClH/c1-16-6-3-7-17(2)21(16)28-15-5-10-26-11-13-27(14-12-26)22(25)20-18(23)8-4-9-19(20)24;;/h3-4,6-9,25H,5,10-15H2,1-2H3;2*1H. The molecule has 1 saturated heterocycles. The predicted octanol–water partition coefficient (Wildman–Crippen LogP) is 5.87. The fourth-order valence-electron chi connectivity index (χ4n) is 3.57. The number of rotatable bonds is 6. The molecule has 4 nitrogen and oxygen atoms in total. The normalized spacial score (nSPS) is 13.9. The average Bonchev–Trinajstić information content (AvgIpc) is 2.67. The Morgan fingerprint density at radius 2 is 1.47 bits per heavy atom. The molecule has 0 bridgehead atoms. The van der Waals surface area contributed by atoms with E-state index in [9.17, 15) is 0 Å². The van der Waals surface area contributed by atoms with Crippen LogP contribution in [0.4, 0.5) is 0 Å². The zero-order valence-electron chi connectivity index (χ0n) is 17.3. The zero-order valence-corrected chi connectivity index (χ0v) is 20.4. The first-order chi connectivity index (χ1) is 13.5. The summed E-state index contributed by atoms with van der Waals surface area (Å²) < 4.78 is 6.00. The van der Waals surface area contributed by atoms with Crippen molar-refractivity contribution in [3.8, 4) is 5.75 Å². The van der Waals surface area contributed by atoms with E-state index in [1.54, 1.807) is 18.2 Å². The Morgan fingerprint density at radius 1 is 0.933 bits per heavy atom. The summed E-state index contributed by atoms with van der Waals surface area (Å²) in [5.41, 5.74) is 3.00. The van der Waals surface area contributed by atoms with Crippen LogP contribution in [0.15, 0.2) is 36.4 Å². The Balaban J connectivity index is 0.00000225. The molecule has 0 aliphatic carbocycles.